The van der Waals surface area contributed by atoms with Crippen molar-refractivity contribution in [3.8, 4) is 0 Å². The van der Waals surface area contributed by atoms with Crippen LogP contribution in [0.2, 0.25) is 0 Å². The van der Waals surface area contributed by atoms with E-state index >= 15 is 0 Å². The zero-order valence-corrected chi connectivity index (χ0v) is 18.6. The zero-order valence-electron chi connectivity index (χ0n) is 17.0. The van der Waals surface area contributed by atoms with Gasteiger partial charge in [-0.2, -0.15) is 0 Å². The van der Waals surface area contributed by atoms with E-state index in [9.17, 15) is 4.79 Å². The van der Waals surface area contributed by atoms with Crippen LogP contribution >= 0.6 is 15.9 Å². The van der Waals surface area contributed by atoms with Gasteiger partial charge in [0.1, 0.15) is 6.33 Å². The number of benzene rings is 1. The van der Waals surface area contributed by atoms with E-state index < -0.39 is 0 Å². The van der Waals surface area contributed by atoms with Crippen LogP contribution in [-0.2, 0) is 16.8 Å². The van der Waals surface area contributed by atoms with Crippen LogP contribution in [0.1, 0.15) is 63.9 Å². The summed E-state index contributed by atoms with van der Waals surface area (Å²) in [4.78, 5) is 18.0. The molecule has 4 aliphatic carbocycles. The molecule has 1 N–H and O–H groups in total. The lowest BCUT2D eigenvalue weighted by Gasteiger charge is -2.60. The van der Waals surface area contributed by atoms with Crippen molar-refractivity contribution < 1.29 is 4.79 Å². The standard InChI is InChI=1S/C23H29BrN4O/c1-2-3-6-18-7-4-5-8-19(18)26-20(29)22-10-16-9-17(11-22)13-23(12-16,14-22)28-15-25-21(24)27-28/h4-5,7-8,15-17H,2-3,6,9-14H2,1H3,(H,26,29)/t16-,17-,22?,23?/m0/s1. The molecule has 1 aromatic carbocycles. The Hall–Kier alpha value is -1.69. The van der Waals surface area contributed by atoms with E-state index in [-0.39, 0.29) is 16.9 Å². The molecule has 29 heavy (non-hydrogen) atoms. The summed E-state index contributed by atoms with van der Waals surface area (Å²) in [7, 11) is 0. The van der Waals surface area contributed by atoms with Crippen LogP contribution in [0.15, 0.2) is 35.3 Å². The first-order valence-corrected chi connectivity index (χ1v) is 11.8. The molecule has 1 amide bonds. The third kappa shape index (κ3) is 3.33. The first kappa shape index (κ1) is 19.3. The summed E-state index contributed by atoms with van der Waals surface area (Å²) in [6.07, 6.45) is 11.6. The van der Waals surface area contributed by atoms with Crippen LogP contribution in [0, 0.1) is 17.3 Å². The predicted octanol–water partition coefficient (Wildman–Crippen LogP) is 5.32. The summed E-state index contributed by atoms with van der Waals surface area (Å²) < 4.78 is 2.70. The molecule has 0 saturated heterocycles. The first-order valence-electron chi connectivity index (χ1n) is 11.0. The van der Waals surface area contributed by atoms with Gasteiger partial charge in [0.15, 0.2) is 0 Å². The van der Waals surface area contributed by atoms with Crippen molar-refractivity contribution in [3.63, 3.8) is 0 Å². The Morgan fingerprint density at radius 3 is 2.69 bits per heavy atom. The first-order chi connectivity index (χ1) is 14.0. The molecule has 4 bridgehead atoms. The van der Waals surface area contributed by atoms with Gasteiger partial charge in [0, 0.05) is 5.69 Å². The molecular formula is C23H29BrN4O. The summed E-state index contributed by atoms with van der Waals surface area (Å²) >= 11 is 3.40. The minimum absolute atomic E-state index is 0.0534. The molecule has 1 heterocycles. The largest absolute Gasteiger partial charge is 0.325 e. The third-order valence-corrected chi connectivity index (χ3v) is 7.89. The lowest BCUT2D eigenvalue weighted by atomic mass is 9.46. The zero-order chi connectivity index (χ0) is 20.1. The molecule has 4 saturated carbocycles. The fourth-order valence-electron chi connectivity index (χ4n) is 6.70. The number of carbonyl (C=O) groups excluding carboxylic acids is 1. The van der Waals surface area contributed by atoms with Crippen molar-refractivity contribution in [2.75, 3.05) is 5.32 Å². The number of nitrogens with zero attached hydrogens (tertiary/aromatic N) is 3. The molecule has 2 aromatic rings. The SMILES string of the molecule is CCCCc1ccccc1NC(=O)C12C[C@@H]3C[C@@H](C1)CC(n1cnc(Br)n1)(C3)C2. The van der Waals surface area contributed by atoms with Crippen LogP contribution in [0.25, 0.3) is 0 Å². The monoisotopic (exact) mass is 456 g/mol. The highest BCUT2D eigenvalue weighted by molar-refractivity contribution is 9.10. The molecule has 4 fully saturated rings. The predicted molar refractivity (Wildman–Crippen MR) is 116 cm³/mol. The second kappa shape index (κ2) is 7.22. The van der Waals surface area contributed by atoms with Crippen molar-refractivity contribution in [1.82, 2.24) is 14.8 Å². The molecule has 0 unspecified atom stereocenters. The molecule has 1 aromatic heterocycles. The summed E-state index contributed by atoms with van der Waals surface area (Å²) in [6.45, 7) is 2.21. The molecule has 2 atom stereocenters. The van der Waals surface area contributed by atoms with Crippen molar-refractivity contribution in [1.29, 1.82) is 0 Å². The van der Waals surface area contributed by atoms with Gasteiger partial charge >= 0.3 is 0 Å². The van der Waals surface area contributed by atoms with Gasteiger partial charge in [-0.15, -0.1) is 5.10 Å². The number of para-hydroxylation sites is 1. The number of aromatic nitrogens is 3. The van der Waals surface area contributed by atoms with Crippen molar-refractivity contribution in [2.24, 2.45) is 17.3 Å². The van der Waals surface area contributed by atoms with Crippen molar-refractivity contribution in [3.05, 3.63) is 40.9 Å². The summed E-state index contributed by atoms with van der Waals surface area (Å²) in [5.74, 6) is 1.44. The Bertz CT molecular complexity index is 909. The second-order valence-electron chi connectivity index (χ2n) is 9.64. The minimum Gasteiger partial charge on any atom is -0.325 e. The highest BCUT2D eigenvalue weighted by Gasteiger charge is 2.61. The number of halogens is 1. The number of hydrogen-bond donors (Lipinski definition) is 1. The quantitative estimate of drug-likeness (QED) is 0.639. The Morgan fingerprint density at radius 1 is 1.24 bits per heavy atom. The number of hydrogen-bond acceptors (Lipinski definition) is 3. The van der Waals surface area contributed by atoms with Gasteiger partial charge in [-0.25, -0.2) is 9.67 Å². The van der Waals surface area contributed by atoms with Gasteiger partial charge in [-0.3, -0.25) is 4.79 Å². The molecule has 4 aliphatic rings. The number of aryl methyl sites for hydroxylation is 1. The van der Waals surface area contributed by atoms with Crippen LogP contribution in [0.3, 0.4) is 0 Å². The number of rotatable bonds is 6. The van der Waals surface area contributed by atoms with Crippen molar-refractivity contribution in [2.45, 2.75) is 70.3 Å². The van der Waals surface area contributed by atoms with Crippen LogP contribution in [-0.4, -0.2) is 20.7 Å². The van der Waals surface area contributed by atoms with E-state index in [0.29, 0.717) is 16.6 Å². The Balaban J connectivity index is 1.43. The Kier molecular flexibility index (Phi) is 4.80. The topological polar surface area (TPSA) is 59.8 Å². The second-order valence-corrected chi connectivity index (χ2v) is 10.3. The average Bonchev–Trinajstić information content (AvgIpc) is 3.13. The fourth-order valence-corrected chi connectivity index (χ4v) is 6.96. The Labute approximate surface area is 180 Å². The van der Waals surface area contributed by atoms with E-state index in [2.05, 4.69) is 61.1 Å². The van der Waals surface area contributed by atoms with Crippen molar-refractivity contribution >= 4 is 27.5 Å². The lowest BCUT2D eigenvalue weighted by Crippen LogP contribution is -2.60. The van der Waals surface area contributed by atoms with Gasteiger partial charge in [-0.1, -0.05) is 31.5 Å². The number of unbranched alkanes of at least 4 members (excludes halogenated alkanes) is 1. The van der Waals surface area contributed by atoms with E-state index in [1.807, 2.05) is 12.4 Å². The van der Waals surface area contributed by atoms with Gasteiger partial charge < -0.3 is 5.32 Å². The fraction of sp³-hybridized carbons (Fsp3) is 0.609. The maximum atomic E-state index is 13.7. The number of nitrogens with one attached hydrogen (secondary N) is 1. The number of carbonyl (C=O) groups is 1. The molecule has 6 heteroatoms. The van der Waals surface area contributed by atoms with E-state index in [1.54, 1.807) is 0 Å². The summed E-state index contributed by atoms with van der Waals surface area (Å²) in [5, 5.41) is 7.97. The third-order valence-electron chi connectivity index (χ3n) is 7.53. The summed E-state index contributed by atoms with van der Waals surface area (Å²) in [6, 6.07) is 8.31. The number of amides is 1. The normalized spacial score (nSPS) is 32.5. The van der Waals surface area contributed by atoms with Gasteiger partial charge in [0.05, 0.1) is 11.0 Å². The Morgan fingerprint density at radius 2 is 2.00 bits per heavy atom. The highest BCUT2D eigenvalue weighted by Crippen LogP contribution is 2.64. The number of anilines is 1. The van der Waals surface area contributed by atoms with Crippen LogP contribution in [0.5, 0.6) is 0 Å². The molecular weight excluding hydrogens is 428 g/mol. The molecule has 0 radical (unpaired) electrons. The maximum Gasteiger partial charge on any atom is 0.230 e. The highest BCUT2D eigenvalue weighted by atomic mass is 79.9. The van der Waals surface area contributed by atoms with E-state index in [1.165, 1.54) is 12.0 Å². The van der Waals surface area contributed by atoms with Crippen LogP contribution < -0.4 is 5.32 Å². The smallest absolute Gasteiger partial charge is 0.230 e. The molecule has 154 valence electrons. The molecule has 5 nitrogen and oxygen atoms in total. The molecule has 0 aliphatic heterocycles. The van der Waals surface area contributed by atoms with Gasteiger partial charge in [0.25, 0.3) is 0 Å². The van der Waals surface area contributed by atoms with E-state index in [0.717, 1.165) is 57.1 Å². The van der Waals surface area contributed by atoms with E-state index in [4.69, 9.17) is 0 Å². The maximum absolute atomic E-state index is 13.7. The minimum atomic E-state index is -0.277. The van der Waals surface area contributed by atoms with Gasteiger partial charge in [-0.05, 0) is 90.8 Å². The van der Waals surface area contributed by atoms with Crippen LogP contribution in [0.4, 0.5) is 5.69 Å². The lowest BCUT2D eigenvalue weighted by molar-refractivity contribution is -0.150. The average molecular weight is 457 g/mol. The summed E-state index contributed by atoms with van der Waals surface area (Å²) in [5.41, 5.74) is 1.92. The molecule has 6 rings (SSSR count). The van der Waals surface area contributed by atoms with Gasteiger partial charge in [0.2, 0.25) is 10.6 Å². The molecule has 0 spiro atoms.